The first-order valence-corrected chi connectivity index (χ1v) is 8.64. The van der Waals surface area contributed by atoms with E-state index in [-0.39, 0.29) is 24.8 Å². The van der Waals surface area contributed by atoms with Crippen LogP contribution in [0.3, 0.4) is 0 Å². The molecule has 1 heterocycles. The van der Waals surface area contributed by atoms with Gasteiger partial charge in [-0.05, 0) is 43.2 Å². The molecule has 0 bridgehead atoms. The van der Waals surface area contributed by atoms with E-state index in [0.29, 0.717) is 6.04 Å². The molecule has 1 fully saturated rings. The molecule has 2 aromatic rings. The summed E-state index contributed by atoms with van der Waals surface area (Å²) in [6.07, 6.45) is 0.999. The number of rotatable bonds is 6. The maximum atomic E-state index is 5.90. The van der Waals surface area contributed by atoms with Gasteiger partial charge in [-0.2, -0.15) is 0 Å². The highest BCUT2D eigenvalue weighted by Crippen LogP contribution is 2.30. The monoisotopic (exact) mass is 394 g/mol. The number of halogens is 2. The van der Waals surface area contributed by atoms with Crippen LogP contribution in [0.25, 0.3) is 0 Å². The zero-order valence-corrected chi connectivity index (χ0v) is 16.8. The number of ether oxygens (including phenoxy) is 1. The second-order valence-electron chi connectivity index (χ2n) is 6.45. The van der Waals surface area contributed by atoms with Gasteiger partial charge in [0.25, 0.3) is 0 Å². The first-order chi connectivity index (χ1) is 11.7. The molecule has 1 aliphatic heterocycles. The minimum Gasteiger partial charge on any atom is -0.457 e. The Morgan fingerprint density at radius 3 is 2.15 bits per heavy atom. The number of hydrogen-bond acceptors (Lipinski definition) is 3. The van der Waals surface area contributed by atoms with Gasteiger partial charge in [0, 0.05) is 32.2 Å². The molecule has 0 saturated carbocycles. The van der Waals surface area contributed by atoms with Gasteiger partial charge in [-0.15, -0.1) is 31.4 Å². The summed E-state index contributed by atoms with van der Waals surface area (Å²) in [6, 6.07) is 18.8. The lowest BCUT2D eigenvalue weighted by molar-refractivity contribution is 0.172. The molecule has 1 atom stereocenters. The van der Waals surface area contributed by atoms with Crippen LogP contribution in [0, 0.1) is 0 Å². The van der Waals surface area contributed by atoms with Crippen LogP contribution < -0.4 is 10.1 Å². The average Bonchev–Trinajstić information content (AvgIpc) is 2.62. The van der Waals surface area contributed by atoms with Crippen LogP contribution in [0.2, 0.25) is 0 Å². The van der Waals surface area contributed by atoms with E-state index in [1.807, 2.05) is 30.3 Å². The number of nitrogens with one attached hydrogen (secondary N) is 1. The fraction of sp³-hybridized carbons (Fsp3) is 0.333. The summed E-state index contributed by atoms with van der Waals surface area (Å²) >= 11 is 0. The third kappa shape index (κ3) is 6.33. The smallest absolute Gasteiger partial charge is 0.127 e. The first-order valence-electron chi connectivity index (χ1n) is 8.64. The van der Waals surface area contributed by atoms with E-state index in [4.69, 9.17) is 4.74 Å². The van der Waals surface area contributed by atoms with Crippen molar-refractivity contribution in [2.75, 3.05) is 26.2 Å². The van der Waals surface area contributed by atoms with Crippen LogP contribution in [0.4, 0.5) is 0 Å². The first kappa shape index (κ1) is 22.5. The molecular weight excluding hydrogens is 367 g/mol. The number of nitrogens with zero attached hydrogens (tertiary/aromatic N) is 1. The van der Waals surface area contributed by atoms with Crippen molar-refractivity contribution in [2.45, 2.75) is 19.4 Å². The van der Waals surface area contributed by atoms with Gasteiger partial charge in [0.15, 0.2) is 0 Å². The molecule has 1 N–H and O–H groups in total. The van der Waals surface area contributed by atoms with Gasteiger partial charge in [-0.1, -0.05) is 35.9 Å². The Labute approximate surface area is 169 Å². The number of hydrogen-bond donors (Lipinski definition) is 1. The van der Waals surface area contributed by atoms with Gasteiger partial charge in [0.1, 0.15) is 11.5 Å². The molecule has 1 saturated heterocycles. The van der Waals surface area contributed by atoms with E-state index in [0.717, 1.165) is 44.1 Å². The van der Waals surface area contributed by atoms with Crippen molar-refractivity contribution < 1.29 is 4.74 Å². The van der Waals surface area contributed by atoms with Gasteiger partial charge >= 0.3 is 0 Å². The number of piperazine rings is 1. The standard InChI is InChI=1S/C21H26N2O.2ClH/c1-17(2)16-21(23-14-12-22-13-15-23)18-8-10-20(11-9-18)24-19-6-4-3-5-7-19;;/h3-11,21-22H,1,12-16H2,2H3;2*1H/t21-;;/m1../s1. The van der Waals surface area contributed by atoms with E-state index in [9.17, 15) is 0 Å². The lowest BCUT2D eigenvalue weighted by atomic mass is 9.98. The Balaban J connectivity index is 0.00000169. The Morgan fingerprint density at radius 2 is 1.58 bits per heavy atom. The van der Waals surface area contributed by atoms with Gasteiger partial charge in [-0.3, -0.25) is 4.90 Å². The Hall–Kier alpha value is -1.52. The highest BCUT2D eigenvalue weighted by molar-refractivity contribution is 5.85. The van der Waals surface area contributed by atoms with Crippen molar-refractivity contribution in [1.82, 2.24) is 10.2 Å². The Bertz CT molecular complexity index is 655. The molecule has 0 amide bonds. The molecule has 0 radical (unpaired) electrons. The molecule has 0 aliphatic carbocycles. The quantitative estimate of drug-likeness (QED) is 0.678. The van der Waals surface area contributed by atoms with Gasteiger partial charge < -0.3 is 10.1 Å². The van der Waals surface area contributed by atoms with E-state index in [1.54, 1.807) is 0 Å². The zero-order valence-electron chi connectivity index (χ0n) is 15.2. The predicted octanol–water partition coefficient (Wildman–Crippen LogP) is 5.24. The summed E-state index contributed by atoms with van der Waals surface area (Å²) < 4.78 is 5.90. The van der Waals surface area contributed by atoms with Gasteiger partial charge in [0.05, 0.1) is 0 Å². The van der Waals surface area contributed by atoms with Crippen molar-refractivity contribution in [2.24, 2.45) is 0 Å². The molecule has 142 valence electrons. The van der Waals surface area contributed by atoms with E-state index in [1.165, 1.54) is 11.1 Å². The summed E-state index contributed by atoms with van der Waals surface area (Å²) in [7, 11) is 0. The van der Waals surface area contributed by atoms with Gasteiger partial charge in [0.2, 0.25) is 0 Å². The molecule has 0 aromatic heterocycles. The largest absolute Gasteiger partial charge is 0.457 e. The third-order valence-corrected chi connectivity index (χ3v) is 4.38. The van der Waals surface area contributed by atoms with Crippen LogP contribution in [0.5, 0.6) is 11.5 Å². The maximum absolute atomic E-state index is 5.90. The fourth-order valence-electron chi connectivity index (χ4n) is 3.16. The summed E-state index contributed by atoms with van der Waals surface area (Å²) in [5.41, 5.74) is 2.56. The molecule has 1 aliphatic rings. The van der Waals surface area contributed by atoms with E-state index in [2.05, 4.69) is 48.0 Å². The molecule has 0 unspecified atom stereocenters. The number of para-hydroxylation sites is 1. The lowest BCUT2D eigenvalue weighted by Gasteiger charge is -2.35. The summed E-state index contributed by atoms with van der Waals surface area (Å²) in [5, 5.41) is 3.43. The van der Waals surface area contributed by atoms with Crippen molar-refractivity contribution in [3.63, 3.8) is 0 Å². The summed E-state index contributed by atoms with van der Waals surface area (Å²) in [6.45, 7) is 10.5. The van der Waals surface area contributed by atoms with Gasteiger partial charge in [-0.25, -0.2) is 0 Å². The predicted molar refractivity (Wildman–Crippen MR) is 114 cm³/mol. The Kier molecular flexibility index (Phi) is 9.74. The van der Waals surface area contributed by atoms with Crippen LogP contribution in [0.1, 0.15) is 24.9 Å². The van der Waals surface area contributed by atoms with Crippen LogP contribution in [-0.4, -0.2) is 31.1 Å². The minimum atomic E-state index is 0. The van der Waals surface area contributed by atoms with Crippen LogP contribution in [-0.2, 0) is 0 Å². The normalized spacial score (nSPS) is 15.3. The fourth-order valence-corrected chi connectivity index (χ4v) is 3.16. The molecule has 26 heavy (non-hydrogen) atoms. The summed E-state index contributed by atoms with van der Waals surface area (Å²) in [4.78, 5) is 2.55. The van der Waals surface area contributed by atoms with E-state index >= 15 is 0 Å². The maximum Gasteiger partial charge on any atom is 0.127 e. The SMILES string of the molecule is C=C(C)C[C@H](c1ccc(Oc2ccccc2)cc1)N1CCNCC1.Cl.Cl. The topological polar surface area (TPSA) is 24.5 Å². The van der Waals surface area contributed by atoms with Crippen molar-refractivity contribution in [3.8, 4) is 11.5 Å². The van der Waals surface area contributed by atoms with Crippen molar-refractivity contribution >= 4 is 24.8 Å². The number of benzene rings is 2. The highest BCUT2D eigenvalue weighted by Gasteiger charge is 2.22. The van der Waals surface area contributed by atoms with E-state index < -0.39 is 0 Å². The van der Waals surface area contributed by atoms with Crippen LogP contribution in [0.15, 0.2) is 66.7 Å². The van der Waals surface area contributed by atoms with Crippen LogP contribution >= 0.6 is 24.8 Å². The molecule has 0 spiro atoms. The highest BCUT2D eigenvalue weighted by atomic mass is 35.5. The second-order valence-corrected chi connectivity index (χ2v) is 6.45. The minimum absolute atomic E-state index is 0. The average molecular weight is 395 g/mol. The van der Waals surface area contributed by atoms with Crippen molar-refractivity contribution in [3.05, 3.63) is 72.3 Å². The molecule has 5 heteroatoms. The van der Waals surface area contributed by atoms with Crippen molar-refractivity contribution in [1.29, 1.82) is 0 Å². The molecule has 2 aromatic carbocycles. The molecular formula is C21H28Cl2N2O. The zero-order chi connectivity index (χ0) is 16.8. The molecule has 3 rings (SSSR count). The Morgan fingerprint density at radius 1 is 1.00 bits per heavy atom. The second kappa shape index (κ2) is 11.2. The molecule has 3 nitrogen and oxygen atoms in total. The summed E-state index contributed by atoms with van der Waals surface area (Å²) in [5.74, 6) is 1.74. The third-order valence-electron chi connectivity index (χ3n) is 4.38. The lowest BCUT2D eigenvalue weighted by Crippen LogP contribution is -2.45.